The lowest BCUT2D eigenvalue weighted by molar-refractivity contribution is -0.143. The number of likely N-dealkylation sites (N-methyl/N-ethyl adjacent to an activating group) is 1. The lowest BCUT2D eigenvalue weighted by atomic mass is 10.0. The van der Waals surface area contributed by atoms with E-state index in [9.17, 15) is 40.7 Å². The number of allylic oxidation sites excluding steroid dienone is 2. The van der Waals surface area contributed by atoms with E-state index in [0.717, 1.165) is 48.8 Å². The van der Waals surface area contributed by atoms with Gasteiger partial charge < -0.3 is 14.5 Å². The number of hydrogen-bond donors (Lipinski definition) is 0. The van der Waals surface area contributed by atoms with Crippen molar-refractivity contribution in [2.75, 3.05) is 38.5 Å². The van der Waals surface area contributed by atoms with Crippen LogP contribution in [0.3, 0.4) is 0 Å². The number of aromatic nitrogens is 3. The van der Waals surface area contributed by atoms with Crippen LogP contribution in [0.4, 0.5) is 26.3 Å². The summed E-state index contributed by atoms with van der Waals surface area (Å²) in [6.45, 7) is 12.4. The molecular weight excluding hydrogens is 751 g/mol. The summed E-state index contributed by atoms with van der Waals surface area (Å²) in [6, 6.07) is 11.9. The SMILES string of the molecule is C=C(N=C/C(=C\C)CSc1nc(=O)c(CCC(=O)OCC)nn1CC(=O)N(CCN(CC)CC)Cc1ccc(-c2ccc(C(F)(F)F)cc2)cc1)C(F)(F)F. The predicted molar refractivity (Wildman–Crippen MR) is 199 cm³/mol. The molecule has 0 fully saturated rings. The van der Waals surface area contributed by atoms with Gasteiger partial charge in [-0.3, -0.25) is 19.4 Å². The van der Waals surface area contributed by atoms with E-state index < -0.39 is 35.1 Å². The average molecular weight is 795 g/mol. The number of carbonyl (C=O) groups excluding carboxylic acids is 2. The Morgan fingerprint density at radius 1 is 0.964 bits per heavy atom. The van der Waals surface area contributed by atoms with Crippen LogP contribution in [0, 0.1) is 0 Å². The van der Waals surface area contributed by atoms with Crippen molar-refractivity contribution in [3.8, 4) is 11.1 Å². The van der Waals surface area contributed by atoms with Crippen LogP contribution in [-0.4, -0.2) is 87.4 Å². The second-order valence-corrected chi connectivity index (χ2v) is 13.0. The van der Waals surface area contributed by atoms with Gasteiger partial charge in [0.25, 0.3) is 5.56 Å². The maximum absolute atomic E-state index is 14.1. The summed E-state index contributed by atoms with van der Waals surface area (Å²) in [4.78, 5) is 50.4. The van der Waals surface area contributed by atoms with Crippen LogP contribution in [0.1, 0.15) is 50.9 Å². The van der Waals surface area contributed by atoms with Crippen LogP contribution < -0.4 is 5.56 Å². The Kier molecular flexibility index (Phi) is 16.9. The number of amides is 1. The highest BCUT2D eigenvalue weighted by atomic mass is 32.2. The Labute approximate surface area is 320 Å². The molecule has 0 aliphatic heterocycles. The molecule has 0 atom stereocenters. The van der Waals surface area contributed by atoms with E-state index in [0.29, 0.717) is 29.8 Å². The highest BCUT2D eigenvalue weighted by molar-refractivity contribution is 7.99. The largest absolute Gasteiger partial charge is 0.466 e. The molecule has 0 spiro atoms. The van der Waals surface area contributed by atoms with Gasteiger partial charge in [0, 0.05) is 38.0 Å². The average Bonchev–Trinajstić information content (AvgIpc) is 3.14. The monoisotopic (exact) mass is 794 g/mol. The van der Waals surface area contributed by atoms with E-state index in [-0.39, 0.29) is 55.0 Å². The Balaban J connectivity index is 1.92. The van der Waals surface area contributed by atoms with E-state index in [1.54, 1.807) is 43.0 Å². The fourth-order valence-corrected chi connectivity index (χ4v) is 5.97. The van der Waals surface area contributed by atoms with Crippen molar-refractivity contribution >= 4 is 29.9 Å². The van der Waals surface area contributed by atoms with Gasteiger partial charge in [0.15, 0.2) is 5.16 Å². The fraction of sp³-hybridized carbons (Fsp3) is 0.421. The molecule has 298 valence electrons. The molecule has 0 aliphatic rings. The second kappa shape index (κ2) is 20.8. The minimum absolute atomic E-state index is 0.0187. The molecule has 0 saturated heterocycles. The van der Waals surface area contributed by atoms with Gasteiger partial charge in [-0.2, -0.15) is 36.4 Å². The van der Waals surface area contributed by atoms with Gasteiger partial charge >= 0.3 is 18.3 Å². The first kappa shape index (κ1) is 44.6. The first-order valence-electron chi connectivity index (χ1n) is 17.5. The van der Waals surface area contributed by atoms with E-state index >= 15 is 0 Å². The Morgan fingerprint density at radius 3 is 2.13 bits per heavy atom. The lowest BCUT2D eigenvalue weighted by Gasteiger charge is -2.27. The molecule has 0 radical (unpaired) electrons. The summed E-state index contributed by atoms with van der Waals surface area (Å²) >= 11 is 0.965. The number of aliphatic imine (C=N–C) groups is 1. The Bertz CT molecular complexity index is 1870. The van der Waals surface area contributed by atoms with E-state index in [4.69, 9.17) is 4.74 Å². The van der Waals surface area contributed by atoms with Crippen molar-refractivity contribution in [2.24, 2.45) is 4.99 Å². The molecule has 17 heteroatoms. The quantitative estimate of drug-likeness (QED) is 0.0536. The number of nitrogens with zero attached hydrogens (tertiary/aromatic N) is 6. The van der Waals surface area contributed by atoms with Gasteiger partial charge in [-0.05, 0) is 61.3 Å². The molecule has 1 heterocycles. The van der Waals surface area contributed by atoms with Crippen LogP contribution in [0.5, 0.6) is 0 Å². The van der Waals surface area contributed by atoms with Gasteiger partial charge in [-0.1, -0.05) is 74.7 Å². The van der Waals surface area contributed by atoms with Crippen LogP contribution in [0.25, 0.3) is 11.1 Å². The summed E-state index contributed by atoms with van der Waals surface area (Å²) in [5, 5.41) is 4.43. The van der Waals surface area contributed by atoms with Crippen molar-refractivity contribution in [1.29, 1.82) is 0 Å². The molecule has 0 bridgehead atoms. The van der Waals surface area contributed by atoms with Gasteiger partial charge in [-0.15, -0.1) is 0 Å². The van der Waals surface area contributed by atoms with Crippen molar-refractivity contribution in [3.05, 3.63) is 99.6 Å². The third-order valence-electron chi connectivity index (χ3n) is 8.32. The number of hydrogen-bond acceptors (Lipinski definition) is 9. The maximum atomic E-state index is 14.1. The number of halogens is 6. The number of alkyl halides is 6. The first-order chi connectivity index (χ1) is 26.0. The molecule has 3 aromatic rings. The number of ether oxygens (including phenoxy) is 1. The third-order valence-corrected chi connectivity index (χ3v) is 9.36. The molecule has 55 heavy (non-hydrogen) atoms. The zero-order chi connectivity index (χ0) is 40.8. The number of esters is 1. The van der Waals surface area contributed by atoms with Crippen LogP contribution >= 0.6 is 11.8 Å². The van der Waals surface area contributed by atoms with E-state index in [2.05, 4.69) is 26.6 Å². The van der Waals surface area contributed by atoms with E-state index in [1.165, 1.54) is 22.9 Å². The van der Waals surface area contributed by atoms with Crippen LogP contribution in [0.2, 0.25) is 0 Å². The molecule has 3 rings (SSSR count). The van der Waals surface area contributed by atoms with Crippen LogP contribution in [0.15, 0.2) is 87.4 Å². The number of carbonyl (C=O) groups is 2. The smallest absolute Gasteiger partial charge is 0.432 e. The lowest BCUT2D eigenvalue weighted by Crippen LogP contribution is -2.40. The molecule has 0 aliphatic carbocycles. The number of thioether (sulfide) groups is 1. The van der Waals surface area contributed by atoms with E-state index in [1.807, 2.05) is 13.8 Å². The third kappa shape index (κ3) is 14.1. The van der Waals surface area contributed by atoms with Gasteiger partial charge in [-0.25, -0.2) is 4.68 Å². The minimum atomic E-state index is -4.71. The normalized spacial score (nSPS) is 12.4. The highest BCUT2D eigenvalue weighted by Crippen LogP contribution is 2.31. The molecule has 10 nitrogen and oxygen atoms in total. The second-order valence-electron chi connectivity index (χ2n) is 12.1. The number of aryl methyl sites for hydroxylation is 1. The maximum Gasteiger partial charge on any atom is 0.432 e. The summed E-state index contributed by atoms with van der Waals surface area (Å²) in [7, 11) is 0. The predicted octanol–water partition coefficient (Wildman–Crippen LogP) is 7.38. The summed E-state index contributed by atoms with van der Waals surface area (Å²) in [5.74, 6) is -0.911. The van der Waals surface area contributed by atoms with Gasteiger partial charge in [0.05, 0.1) is 18.6 Å². The standard InChI is InChI=1S/C38H44F6N6O4S/c1-6-27(22-45-26(5)37(39,40)41)25-55-36-46-35(53)32(18-19-34(52)54-9-4)47-50(36)24-33(51)49(21-20-48(7-2)8-3)23-28-10-12-29(13-11-28)30-14-16-31(17-15-30)38(42,43)44/h6,10-17,22H,5,7-9,18-21,23-25H2,1-4H3/b27-6+,45-22?. The summed E-state index contributed by atoms with van der Waals surface area (Å²) < 4.78 is 84.2. The topological polar surface area (TPSA) is 110 Å². The first-order valence-corrected chi connectivity index (χ1v) is 18.5. The Hall–Kier alpha value is -4.77. The van der Waals surface area contributed by atoms with Crippen molar-refractivity contribution < 1.29 is 40.7 Å². The zero-order valence-electron chi connectivity index (χ0n) is 31.0. The molecule has 1 amide bonds. The highest BCUT2D eigenvalue weighted by Gasteiger charge is 2.32. The fourth-order valence-electron chi connectivity index (χ4n) is 5.03. The minimum Gasteiger partial charge on any atom is -0.466 e. The summed E-state index contributed by atoms with van der Waals surface area (Å²) in [6.07, 6.45) is -6.87. The van der Waals surface area contributed by atoms with Gasteiger partial charge in [0.2, 0.25) is 5.91 Å². The Morgan fingerprint density at radius 2 is 1.58 bits per heavy atom. The molecule has 1 aromatic heterocycles. The molecule has 0 unspecified atom stereocenters. The van der Waals surface area contributed by atoms with Crippen molar-refractivity contribution in [1.82, 2.24) is 24.6 Å². The van der Waals surface area contributed by atoms with Crippen molar-refractivity contribution in [2.45, 2.75) is 71.1 Å². The zero-order valence-corrected chi connectivity index (χ0v) is 31.9. The van der Waals surface area contributed by atoms with Crippen LogP contribution in [-0.2, 0) is 40.0 Å². The molecule has 0 saturated carbocycles. The van der Waals surface area contributed by atoms with Gasteiger partial charge in [0.1, 0.15) is 17.9 Å². The molecule has 0 N–H and O–H groups in total. The number of benzene rings is 2. The molecular formula is C38H44F6N6O4S. The summed E-state index contributed by atoms with van der Waals surface area (Å²) in [5.41, 5.74) is -0.468. The van der Waals surface area contributed by atoms with Crippen molar-refractivity contribution in [3.63, 3.8) is 0 Å². The number of rotatable bonds is 19. The molecule has 2 aromatic carbocycles.